The molecule has 19 heavy (non-hydrogen) atoms. The molecule has 2 aromatic rings. The van der Waals surface area contributed by atoms with Crippen LogP contribution < -0.4 is 10.5 Å². The lowest BCUT2D eigenvalue weighted by Gasteiger charge is -2.08. The van der Waals surface area contributed by atoms with Gasteiger partial charge in [0.2, 0.25) is 0 Å². The average Bonchev–Trinajstić information content (AvgIpc) is 2.47. The molecular formula is C16H17NO2. The second-order valence-corrected chi connectivity index (χ2v) is 4.34. The molecule has 2 aromatic carbocycles. The van der Waals surface area contributed by atoms with Gasteiger partial charge < -0.3 is 10.5 Å². The maximum Gasteiger partial charge on any atom is 0.195 e. The van der Waals surface area contributed by atoms with E-state index in [4.69, 9.17) is 10.5 Å². The molecule has 3 heteroatoms. The van der Waals surface area contributed by atoms with Crippen LogP contribution in [0.5, 0.6) is 5.75 Å². The first-order chi connectivity index (χ1) is 9.15. The second-order valence-electron chi connectivity index (χ2n) is 4.34. The quantitative estimate of drug-likeness (QED) is 0.674. The summed E-state index contributed by atoms with van der Waals surface area (Å²) < 4.78 is 5.13. The molecule has 0 aliphatic heterocycles. The average molecular weight is 255 g/mol. The van der Waals surface area contributed by atoms with Crippen LogP contribution in [0.1, 0.15) is 28.4 Å². The van der Waals surface area contributed by atoms with E-state index in [0.717, 1.165) is 12.0 Å². The lowest BCUT2D eigenvalue weighted by Crippen LogP contribution is -2.06. The molecule has 0 saturated carbocycles. The summed E-state index contributed by atoms with van der Waals surface area (Å²) >= 11 is 0. The molecule has 0 spiro atoms. The van der Waals surface area contributed by atoms with Gasteiger partial charge in [-0.05, 0) is 36.2 Å². The standard InChI is InChI=1S/C16H17NO2/c1-3-11-5-4-6-12(9-11)16(18)14-10-13(19-2)7-8-15(14)17/h4-10H,3,17H2,1-2H3. The summed E-state index contributed by atoms with van der Waals surface area (Å²) in [5.41, 5.74) is 8.61. The Labute approximate surface area is 113 Å². The van der Waals surface area contributed by atoms with Crippen molar-refractivity contribution in [3.63, 3.8) is 0 Å². The number of hydrogen-bond acceptors (Lipinski definition) is 3. The van der Waals surface area contributed by atoms with Crippen molar-refractivity contribution in [2.24, 2.45) is 0 Å². The monoisotopic (exact) mass is 255 g/mol. The van der Waals surface area contributed by atoms with E-state index < -0.39 is 0 Å². The van der Waals surface area contributed by atoms with Gasteiger partial charge in [0.1, 0.15) is 5.75 Å². The van der Waals surface area contributed by atoms with E-state index in [2.05, 4.69) is 6.92 Å². The van der Waals surface area contributed by atoms with E-state index in [9.17, 15) is 4.79 Å². The predicted molar refractivity (Wildman–Crippen MR) is 76.7 cm³/mol. The lowest BCUT2D eigenvalue weighted by molar-refractivity contribution is 0.103. The van der Waals surface area contributed by atoms with Gasteiger partial charge in [0, 0.05) is 16.8 Å². The third-order valence-corrected chi connectivity index (χ3v) is 3.10. The summed E-state index contributed by atoms with van der Waals surface area (Å²) in [4.78, 5) is 12.5. The van der Waals surface area contributed by atoms with Crippen molar-refractivity contribution in [1.29, 1.82) is 0 Å². The highest BCUT2D eigenvalue weighted by Gasteiger charge is 2.13. The van der Waals surface area contributed by atoms with Crippen LogP contribution in [0.25, 0.3) is 0 Å². The van der Waals surface area contributed by atoms with Gasteiger partial charge in [0.25, 0.3) is 0 Å². The molecule has 98 valence electrons. The van der Waals surface area contributed by atoms with Crippen molar-refractivity contribution in [3.8, 4) is 5.75 Å². The van der Waals surface area contributed by atoms with E-state index in [1.807, 2.05) is 18.2 Å². The topological polar surface area (TPSA) is 52.3 Å². The lowest BCUT2D eigenvalue weighted by atomic mass is 9.99. The molecule has 0 aliphatic carbocycles. The molecule has 0 aliphatic rings. The predicted octanol–water partition coefficient (Wildman–Crippen LogP) is 3.07. The van der Waals surface area contributed by atoms with Crippen LogP contribution >= 0.6 is 0 Å². The first-order valence-corrected chi connectivity index (χ1v) is 6.23. The van der Waals surface area contributed by atoms with Gasteiger partial charge in [-0.25, -0.2) is 0 Å². The Kier molecular flexibility index (Phi) is 3.85. The Hall–Kier alpha value is -2.29. The van der Waals surface area contributed by atoms with Gasteiger partial charge in [-0.1, -0.05) is 25.1 Å². The minimum atomic E-state index is -0.0771. The van der Waals surface area contributed by atoms with Crippen molar-refractivity contribution < 1.29 is 9.53 Å². The zero-order valence-electron chi connectivity index (χ0n) is 11.1. The van der Waals surface area contributed by atoms with Crippen LogP contribution in [0.2, 0.25) is 0 Å². The van der Waals surface area contributed by atoms with E-state index in [-0.39, 0.29) is 5.78 Å². The molecule has 2 N–H and O–H groups in total. The van der Waals surface area contributed by atoms with Crippen molar-refractivity contribution in [3.05, 3.63) is 59.2 Å². The Bertz CT molecular complexity index is 605. The van der Waals surface area contributed by atoms with Gasteiger partial charge in [-0.2, -0.15) is 0 Å². The number of carbonyl (C=O) groups is 1. The van der Waals surface area contributed by atoms with E-state index >= 15 is 0 Å². The number of methoxy groups -OCH3 is 1. The summed E-state index contributed by atoms with van der Waals surface area (Å²) in [5, 5.41) is 0. The fourth-order valence-electron chi connectivity index (χ4n) is 1.95. The number of anilines is 1. The van der Waals surface area contributed by atoms with Gasteiger partial charge in [-0.15, -0.1) is 0 Å². The molecule has 0 heterocycles. The van der Waals surface area contributed by atoms with Gasteiger partial charge in [0.05, 0.1) is 7.11 Å². The van der Waals surface area contributed by atoms with Crippen LogP contribution in [0, 0.1) is 0 Å². The molecule has 0 saturated heterocycles. The van der Waals surface area contributed by atoms with Crippen molar-refractivity contribution in [2.75, 3.05) is 12.8 Å². The Balaban J connectivity index is 2.43. The summed E-state index contributed by atoms with van der Waals surface area (Å²) in [6.07, 6.45) is 0.898. The molecule has 0 radical (unpaired) electrons. The van der Waals surface area contributed by atoms with E-state index in [1.54, 1.807) is 31.4 Å². The van der Waals surface area contributed by atoms with Crippen LogP contribution in [-0.4, -0.2) is 12.9 Å². The zero-order chi connectivity index (χ0) is 13.8. The molecular weight excluding hydrogens is 238 g/mol. The second kappa shape index (κ2) is 5.57. The number of nitrogens with two attached hydrogens (primary N) is 1. The fourth-order valence-corrected chi connectivity index (χ4v) is 1.95. The summed E-state index contributed by atoms with van der Waals surface area (Å²) in [6, 6.07) is 12.7. The zero-order valence-corrected chi connectivity index (χ0v) is 11.1. The highest BCUT2D eigenvalue weighted by atomic mass is 16.5. The summed E-state index contributed by atoms with van der Waals surface area (Å²) in [7, 11) is 1.57. The fraction of sp³-hybridized carbons (Fsp3) is 0.188. The molecule has 0 unspecified atom stereocenters. The summed E-state index contributed by atoms with van der Waals surface area (Å²) in [6.45, 7) is 2.06. The smallest absolute Gasteiger partial charge is 0.195 e. The largest absolute Gasteiger partial charge is 0.497 e. The van der Waals surface area contributed by atoms with Gasteiger partial charge in [0.15, 0.2) is 5.78 Å². The molecule has 0 amide bonds. The maximum absolute atomic E-state index is 12.5. The molecule has 3 nitrogen and oxygen atoms in total. The number of hydrogen-bond donors (Lipinski definition) is 1. The Morgan fingerprint density at radius 3 is 2.68 bits per heavy atom. The minimum Gasteiger partial charge on any atom is -0.497 e. The molecule has 0 atom stereocenters. The van der Waals surface area contributed by atoms with Gasteiger partial charge >= 0.3 is 0 Å². The van der Waals surface area contributed by atoms with Crippen LogP contribution in [0.15, 0.2) is 42.5 Å². The Morgan fingerprint density at radius 1 is 1.21 bits per heavy atom. The first kappa shape index (κ1) is 13.1. The number of ether oxygens (including phenoxy) is 1. The molecule has 0 bridgehead atoms. The number of ketones is 1. The first-order valence-electron chi connectivity index (χ1n) is 6.23. The van der Waals surface area contributed by atoms with Crippen LogP contribution in [-0.2, 0) is 6.42 Å². The third kappa shape index (κ3) is 2.76. The number of carbonyl (C=O) groups excluding carboxylic acids is 1. The normalized spacial score (nSPS) is 10.2. The molecule has 2 rings (SSSR count). The highest BCUT2D eigenvalue weighted by molar-refractivity contribution is 6.12. The van der Waals surface area contributed by atoms with E-state index in [1.165, 1.54) is 0 Å². The van der Waals surface area contributed by atoms with Crippen molar-refractivity contribution in [1.82, 2.24) is 0 Å². The maximum atomic E-state index is 12.5. The molecule has 0 aromatic heterocycles. The molecule has 0 fully saturated rings. The van der Waals surface area contributed by atoms with Gasteiger partial charge in [-0.3, -0.25) is 4.79 Å². The van der Waals surface area contributed by atoms with Crippen LogP contribution in [0.3, 0.4) is 0 Å². The third-order valence-electron chi connectivity index (χ3n) is 3.10. The SMILES string of the molecule is CCc1cccc(C(=O)c2cc(OC)ccc2N)c1. The number of rotatable bonds is 4. The number of aryl methyl sites for hydroxylation is 1. The Morgan fingerprint density at radius 2 is 2.00 bits per heavy atom. The summed E-state index contributed by atoms with van der Waals surface area (Å²) in [5.74, 6) is 0.552. The number of benzene rings is 2. The van der Waals surface area contributed by atoms with Crippen molar-refractivity contribution in [2.45, 2.75) is 13.3 Å². The van der Waals surface area contributed by atoms with E-state index in [0.29, 0.717) is 22.6 Å². The van der Waals surface area contributed by atoms with Crippen molar-refractivity contribution >= 4 is 11.5 Å². The van der Waals surface area contributed by atoms with Crippen LogP contribution in [0.4, 0.5) is 5.69 Å². The minimum absolute atomic E-state index is 0.0771. The number of nitrogen functional groups attached to an aromatic ring is 1. The highest BCUT2D eigenvalue weighted by Crippen LogP contribution is 2.22.